The molecule has 2 aromatic carbocycles. The summed E-state index contributed by atoms with van der Waals surface area (Å²) in [7, 11) is 1.55. The van der Waals surface area contributed by atoms with Gasteiger partial charge in [0, 0.05) is 18.6 Å². The summed E-state index contributed by atoms with van der Waals surface area (Å²) in [6.07, 6.45) is 0. The molecule has 156 valence electrons. The van der Waals surface area contributed by atoms with E-state index in [4.69, 9.17) is 16.3 Å². The highest BCUT2D eigenvalue weighted by molar-refractivity contribution is 9.10. The number of nitrogens with one attached hydrogen (secondary N) is 1. The van der Waals surface area contributed by atoms with Crippen molar-refractivity contribution in [1.29, 1.82) is 0 Å². The van der Waals surface area contributed by atoms with Crippen molar-refractivity contribution in [3.8, 4) is 5.75 Å². The van der Waals surface area contributed by atoms with Crippen LogP contribution in [0.3, 0.4) is 0 Å². The minimum absolute atomic E-state index is 0.172. The fourth-order valence-electron chi connectivity index (χ4n) is 2.79. The van der Waals surface area contributed by atoms with Crippen molar-refractivity contribution in [1.82, 2.24) is 10.2 Å². The third-order valence-corrected chi connectivity index (χ3v) is 5.53. The highest BCUT2D eigenvalue weighted by atomic mass is 79.9. The number of ether oxygens (including phenoxy) is 1. The number of carbonyl (C=O) groups is 2. The van der Waals surface area contributed by atoms with Crippen molar-refractivity contribution in [2.45, 2.75) is 39.3 Å². The number of nitrogens with zero attached hydrogens (tertiary/aromatic N) is 1. The van der Waals surface area contributed by atoms with Crippen LogP contribution in [-0.2, 0) is 16.1 Å². The second-order valence-electron chi connectivity index (χ2n) is 7.07. The van der Waals surface area contributed by atoms with Gasteiger partial charge in [0.25, 0.3) is 5.91 Å². The number of benzene rings is 2. The topological polar surface area (TPSA) is 58.6 Å². The lowest BCUT2D eigenvalue weighted by atomic mass is 10.0. The Hall–Kier alpha value is -2.05. The van der Waals surface area contributed by atoms with Crippen LogP contribution in [-0.4, -0.2) is 36.4 Å². The maximum absolute atomic E-state index is 12.9. The first-order chi connectivity index (χ1) is 13.7. The highest BCUT2D eigenvalue weighted by Gasteiger charge is 2.26. The number of halogens is 2. The Labute approximate surface area is 185 Å². The van der Waals surface area contributed by atoms with Gasteiger partial charge in [0.15, 0.2) is 6.61 Å². The van der Waals surface area contributed by atoms with Crippen LogP contribution in [0.15, 0.2) is 46.9 Å². The second kappa shape index (κ2) is 10.6. The van der Waals surface area contributed by atoms with Gasteiger partial charge in [-0.05, 0) is 64.2 Å². The zero-order valence-corrected chi connectivity index (χ0v) is 19.4. The van der Waals surface area contributed by atoms with E-state index in [0.717, 1.165) is 10.0 Å². The molecule has 1 atom stereocenters. The maximum Gasteiger partial charge on any atom is 0.261 e. The Bertz CT molecular complexity index is 856. The van der Waals surface area contributed by atoms with Gasteiger partial charge in [0.2, 0.25) is 5.91 Å². The summed E-state index contributed by atoms with van der Waals surface area (Å²) in [5.74, 6) is 0.456. The number of carbonyl (C=O) groups excluding carboxylic acids is 2. The molecule has 0 spiro atoms. The molecular weight excluding hydrogens is 456 g/mol. The standard InChI is InChI=1S/C22H26BrClN2O3/c1-14(2)17-7-10-20(19(23)11-17)29-13-21(27)26(15(3)22(28)25-4)12-16-5-8-18(24)9-6-16/h5-11,14-15H,12-13H2,1-4H3,(H,25,28)/t15-/m1/s1. The summed E-state index contributed by atoms with van der Waals surface area (Å²) in [5.41, 5.74) is 2.05. The first kappa shape index (κ1) is 23.2. The molecule has 0 saturated heterocycles. The predicted octanol–water partition coefficient (Wildman–Crippen LogP) is 4.77. The molecular formula is C22H26BrClN2O3. The monoisotopic (exact) mass is 480 g/mol. The summed E-state index contributed by atoms with van der Waals surface area (Å²) in [5, 5.41) is 3.21. The van der Waals surface area contributed by atoms with Gasteiger partial charge in [-0.3, -0.25) is 9.59 Å². The molecule has 2 aromatic rings. The smallest absolute Gasteiger partial charge is 0.261 e. The van der Waals surface area contributed by atoms with Crippen LogP contribution in [0, 0.1) is 0 Å². The summed E-state index contributed by atoms with van der Waals surface area (Å²) in [6, 6.07) is 12.4. The van der Waals surface area contributed by atoms with Crippen LogP contribution in [0.4, 0.5) is 0 Å². The van der Waals surface area contributed by atoms with Crippen molar-refractivity contribution in [2.75, 3.05) is 13.7 Å². The minimum atomic E-state index is -0.640. The van der Waals surface area contributed by atoms with Gasteiger partial charge in [-0.15, -0.1) is 0 Å². The van der Waals surface area contributed by atoms with Gasteiger partial charge < -0.3 is 15.0 Å². The zero-order chi connectivity index (χ0) is 21.6. The van der Waals surface area contributed by atoms with E-state index in [0.29, 0.717) is 16.7 Å². The third-order valence-electron chi connectivity index (χ3n) is 4.65. The van der Waals surface area contributed by atoms with Gasteiger partial charge in [-0.25, -0.2) is 0 Å². The number of likely N-dealkylation sites (N-methyl/N-ethyl adjacent to an activating group) is 1. The molecule has 0 aliphatic carbocycles. The molecule has 0 heterocycles. The van der Waals surface area contributed by atoms with Gasteiger partial charge in [-0.1, -0.05) is 43.6 Å². The van der Waals surface area contributed by atoms with Crippen LogP contribution < -0.4 is 10.1 Å². The molecule has 0 unspecified atom stereocenters. The average Bonchev–Trinajstić information content (AvgIpc) is 2.70. The SMILES string of the molecule is CNC(=O)[C@@H](C)N(Cc1ccc(Cl)cc1)C(=O)COc1ccc(C(C)C)cc1Br. The average molecular weight is 482 g/mol. The van der Waals surface area contributed by atoms with Crippen LogP contribution in [0.2, 0.25) is 5.02 Å². The van der Waals surface area contributed by atoms with Crippen molar-refractivity contribution in [3.63, 3.8) is 0 Å². The van der Waals surface area contributed by atoms with E-state index in [1.54, 1.807) is 26.1 Å². The minimum Gasteiger partial charge on any atom is -0.483 e. The predicted molar refractivity (Wildman–Crippen MR) is 119 cm³/mol. The molecule has 7 heteroatoms. The molecule has 5 nitrogen and oxygen atoms in total. The third kappa shape index (κ3) is 6.47. The van der Waals surface area contributed by atoms with Gasteiger partial charge in [-0.2, -0.15) is 0 Å². The lowest BCUT2D eigenvalue weighted by Gasteiger charge is -2.28. The lowest BCUT2D eigenvalue weighted by Crippen LogP contribution is -2.48. The first-order valence-corrected chi connectivity index (χ1v) is 10.6. The van der Waals surface area contributed by atoms with Gasteiger partial charge in [0.05, 0.1) is 4.47 Å². The van der Waals surface area contributed by atoms with E-state index in [1.807, 2.05) is 30.3 Å². The van der Waals surface area contributed by atoms with Crippen molar-refractivity contribution < 1.29 is 14.3 Å². The number of amides is 2. The van der Waals surface area contributed by atoms with Gasteiger partial charge in [0.1, 0.15) is 11.8 Å². The largest absolute Gasteiger partial charge is 0.483 e. The zero-order valence-electron chi connectivity index (χ0n) is 17.0. The Balaban J connectivity index is 2.14. The van der Waals surface area contributed by atoms with Crippen LogP contribution in [0.25, 0.3) is 0 Å². The molecule has 0 saturated carbocycles. The molecule has 29 heavy (non-hydrogen) atoms. The number of hydrogen-bond acceptors (Lipinski definition) is 3. The highest BCUT2D eigenvalue weighted by Crippen LogP contribution is 2.29. The number of hydrogen-bond donors (Lipinski definition) is 1. The van der Waals surface area contributed by atoms with Crippen molar-refractivity contribution in [3.05, 3.63) is 63.1 Å². The molecule has 0 radical (unpaired) electrons. The molecule has 0 fully saturated rings. The molecule has 1 N–H and O–H groups in total. The van der Waals surface area contributed by atoms with Crippen LogP contribution >= 0.6 is 27.5 Å². The molecule has 0 bridgehead atoms. The Kier molecular flexibility index (Phi) is 8.53. The van der Waals surface area contributed by atoms with E-state index >= 15 is 0 Å². The van der Waals surface area contributed by atoms with Crippen molar-refractivity contribution in [2.24, 2.45) is 0 Å². The summed E-state index contributed by atoms with van der Waals surface area (Å²) >= 11 is 9.44. The van der Waals surface area contributed by atoms with E-state index in [-0.39, 0.29) is 25.0 Å². The van der Waals surface area contributed by atoms with E-state index in [2.05, 4.69) is 35.1 Å². The second-order valence-corrected chi connectivity index (χ2v) is 8.36. The van der Waals surface area contributed by atoms with E-state index in [9.17, 15) is 9.59 Å². The fourth-order valence-corrected chi connectivity index (χ4v) is 3.43. The Morgan fingerprint density at radius 1 is 1.14 bits per heavy atom. The van der Waals surface area contributed by atoms with Crippen LogP contribution in [0.5, 0.6) is 5.75 Å². The quantitative estimate of drug-likeness (QED) is 0.591. The number of rotatable bonds is 8. The fraction of sp³-hybridized carbons (Fsp3) is 0.364. The molecule has 2 rings (SSSR count). The lowest BCUT2D eigenvalue weighted by molar-refractivity contribution is -0.142. The molecule has 2 amide bonds. The Morgan fingerprint density at radius 3 is 2.34 bits per heavy atom. The van der Waals surface area contributed by atoms with Crippen molar-refractivity contribution >= 4 is 39.3 Å². The molecule has 0 aliphatic rings. The van der Waals surface area contributed by atoms with Crippen LogP contribution in [0.1, 0.15) is 37.8 Å². The van der Waals surface area contributed by atoms with E-state index in [1.165, 1.54) is 10.5 Å². The molecule has 0 aromatic heterocycles. The maximum atomic E-state index is 12.9. The summed E-state index contributed by atoms with van der Waals surface area (Å²) in [4.78, 5) is 26.6. The molecule has 0 aliphatic heterocycles. The van der Waals surface area contributed by atoms with Gasteiger partial charge >= 0.3 is 0 Å². The summed E-state index contributed by atoms with van der Waals surface area (Å²) in [6.45, 7) is 6.03. The summed E-state index contributed by atoms with van der Waals surface area (Å²) < 4.78 is 6.54. The van der Waals surface area contributed by atoms with E-state index < -0.39 is 6.04 Å². The first-order valence-electron chi connectivity index (χ1n) is 9.40. The normalized spacial score (nSPS) is 11.8. The Morgan fingerprint density at radius 2 is 1.79 bits per heavy atom.